The molecule has 6 rings (SSSR count). The Balaban J connectivity index is 1.12. The molecule has 0 radical (unpaired) electrons. The number of nitrogens with zero attached hydrogens (tertiary/aromatic N) is 8. The van der Waals surface area contributed by atoms with Gasteiger partial charge in [0, 0.05) is 43.5 Å². The van der Waals surface area contributed by atoms with Crippen LogP contribution in [-0.2, 0) is 16.0 Å². The summed E-state index contributed by atoms with van der Waals surface area (Å²) in [6.45, 7) is 2.70. The summed E-state index contributed by atoms with van der Waals surface area (Å²) in [4.78, 5) is 22.4. The molecule has 0 spiro atoms. The highest BCUT2D eigenvalue weighted by Gasteiger charge is 2.39. The van der Waals surface area contributed by atoms with E-state index in [1.165, 1.54) is 30.3 Å². The molecule has 2 saturated heterocycles. The lowest BCUT2D eigenvalue weighted by molar-refractivity contribution is -0.141. The normalized spacial score (nSPS) is 23.3. The molecule has 2 fully saturated rings. The van der Waals surface area contributed by atoms with Gasteiger partial charge in [-0.25, -0.2) is 9.37 Å². The second-order valence-electron chi connectivity index (χ2n) is 9.49. The largest absolute Gasteiger partial charge is 0.495 e. The van der Waals surface area contributed by atoms with E-state index in [0.29, 0.717) is 44.2 Å². The van der Waals surface area contributed by atoms with Crippen molar-refractivity contribution in [3.63, 3.8) is 0 Å². The van der Waals surface area contributed by atoms with E-state index in [-0.39, 0.29) is 29.2 Å². The standard InChI is InChI=1S/C25H25FN8O3/c1-36-22-9-20(26)19(8-15(22)10-27)23-12-32-6-7-33(11-16(32)13-37-23)25(35)18-2-4-21-17(18)3-5-24(29-21)34-14-28-30-31-34/h3,5,8-9,14,16,18,23H,2,4,6-7,11-13H2,1H3. The molecule has 3 atom stereocenters. The smallest absolute Gasteiger partial charge is 0.230 e. The number of amides is 1. The molecule has 1 aliphatic carbocycles. The highest BCUT2D eigenvalue weighted by molar-refractivity contribution is 5.85. The first-order valence-electron chi connectivity index (χ1n) is 12.2. The zero-order chi connectivity index (χ0) is 25.5. The topological polar surface area (TPSA) is 122 Å². The summed E-state index contributed by atoms with van der Waals surface area (Å²) in [6, 6.07) is 8.63. The van der Waals surface area contributed by atoms with Crippen molar-refractivity contribution in [2.45, 2.75) is 30.9 Å². The zero-order valence-corrected chi connectivity index (χ0v) is 20.2. The van der Waals surface area contributed by atoms with Gasteiger partial charge in [0.05, 0.1) is 37.3 Å². The average molecular weight is 505 g/mol. The lowest BCUT2D eigenvalue weighted by atomic mass is 9.98. The Morgan fingerprint density at radius 3 is 2.92 bits per heavy atom. The van der Waals surface area contributed by atoms with Gasteiger partial charge in [-0.05, 0) is 41.0 Å². The summed E-state index contributed by atoms with van der Waals surface area (Å²) in [5, 5.41) is 20.6. The number of halogens is 1. The number of carbonyl (C=O) groups is 1. The number of benzene rings is 1. The van der Waals surface area contributed by atoms with E-state index < -0.39 is 11.9 Å². The molecule has 0 N–H and O–H groups in total. The maximum absolute atomic E-state index is 14.8. The van der Waals surface area contributed by atoms with Gasteiger partial charge < -0.3 is 14.4 Å². The van der Waals surface area contributed by atoms with Crippen LogP contribution in [0.5, 0.6) is 5.75 Å². The van der Waals surface area contributed by atoms with E-state index in [0.717, 1.165) is 24.1 Å². The Bertz CT molecular complexity index is 1370. The summed E-state index contributed by atoms with van der Waals surface area (Å²) < 4.78 is 27.4. The van der Waals surface area contributed by atoms with Crippen LogP contribution < -0.4 is 4.74 Å². The summed E-state index contributed by atoms with van der Waals surface area (Å²) >= 11 is 0. The molecule has 0 saturated carbocycles. The summed E-state index contributed by atoms with van der Waals surface area (Å²) in [5.41, 5.74) is 2.50. The number of aryl methyl sites for hydroxylation is 1. The molecule has 0 bridgehead atoms. The van der Waals surface area contributed by atoms with Gasteiger partial charge in [0.15, 0.2) is 5.82 Å². The molecule has 3 aliphatic rings. The second-order valence-corrected chi connectivity index (χ2v) is 9.49. The number of pyridine rings is 1. The molecule has 2 aliphatic heterocycles. The van der Waals surface area contributed by atoms with Crippen LogP contribution in [-0.4, -0.2) is 86.8 Å². The van der Waals surface area contributed by atoms with E-state index in [2.05, 4.69) is 31.5 Å². The number of piperazine rings is 1. The highest BCUT2D eigenvalue weighted by Crippen LogP contribution is 2.36. The number of carbonyl (C=O) groups excluding carboxylic acids is 1. The van der Waals surface area contributed by atoms with Gasteiger partial charge in [-0.3, -0.25) is 9.69 Å². The molecule has 3 aromatic rings. The second kappa shape index (κ2) is 9.49. The van der Waals surface area contributed by atoms with Gasteiger partial charge in [-0.1, -0.05) is 6.07 Å². The Morgan fingerprint density at radius 1 is 1.24 bits per heavy atom. The fourth-order valence-electron chi connectivity index (χ4n) is 5.57. The van der Waals surface area contributed by atoms with Crippen molar-refractivity contribution in [1.29, 1.82) is 5.26 Å². The Kier molecular flexibility index (Phi) is 6.02. The van der Waals surface area contributed by atoms with E-state index >= 15 is 0 Å². The van der Waals surface area contributed by atoms with E-state index in [1.54, 1.807) is 0 Å². The molecule has 1 amide bonds. The predicted molar refractivity (Wildman–Crippen MR) is 126 cm³/mol. The quantitative estimate of drug-likeness (QED) is 0.519. The Hall–Kier alpha value is -3.95. The number of morpholine rings is 1. The number of rotatable bonds is 4. The first-order valence-corrected chi connectivity index (χ1v) is 12.2. The third-order valence-corrected chi connectivity index (χ3v) is 7.51. The number of nitriles is 1. The third-order valence-electron chi connectivity index (χ3n) is 7.51. The molecule has 4 heterocycles. The van der Waals surface area contributed by atoms with Gasteiger partial charge >= 0.3 is 0 Å². The minimum Gasteiger partial charge on any atom is -0.495 e. The van der Waals surface area contributed by atoms with Crippen LogP contribution in [0.25, 0.3) is 5.82 Å². The van der Waals surface area contributed by atoms with Crippen molar-refractivity contribution < 1.29 is 18.7 Å². The molecule has 37 heavy (non-hydrogen) atoms. The fraction of sp³-hybridized carbons (Fsp3) is 0.440. The molecule has 3 unspecified atom stereocenters. The first kappa shape index (κ1) is 23.4. The highest BCUT2D eigenvalue weighted by atomic mass is 19.1. The monoisotopic (exact) mass is 504 g/mol. The van der Waals surface area contributed by atoms with Crippen LogP contribution in [0.3, 0.4) is 0 Å². The number of fused-ring (bicyclic) bond motifs is 2. The molecular formula is C25H25FN8O3. The molecule has 2 aromatic heterocycles. The molecule has 1 aromatic carbocycles. The van der Waals surface area contributed by atoms with Gasteiger partial charge in [-0.2, -0.15) is 9.94 Å². The lowest BCUT2D eigenvalue weighted by Crippen LogP contribution is -2.60. The van der Waals surface area contributed by atoms with E-state index in [4.69, 9.17) is 9.47 Å². The number of aromatic nitrogens is 5. The number of tetrazole rings is 1. The van der Waals surface area contributed by atoms with Crippen LogP contribution in [0.2, 0.25) is 0 Å². The fourth-order valence-corrected chi connectivity index (χ4v) is 5.57. The van der Waals surface area contributed by atoms with E-state index in [1.807, 2.05) is 17.0 Å². The van der Waals surface area contributed by atoms with Crippen LogP contribution in [0, 0.1) is 17.1 Å². The molecule has 12 heteroatoms. The number of methoxy groups -OCH3 is 1. The van der Waals surface area contributed by atoms with Crippen molar-refractivity contribution in [1.82, 2.24) is 35.0 Å². The first-order chi connectivity index (χ1) is 18.1. The van der Waals surface area contributed by atoms with Gasteiger partial charge in [-0.15, -0.1) is 5.10 Å². The maximum Gasteiger partial charge on any atom is 0.230 e. The minimum absolute atomic E-state index is 0.0342. The summed E-state index contributed by atoms with van der Waals surface area (Å²) in [5.74, 6) is 0.281. The number of hydrogen-bond acceptors (Lipinski definition) is 9. The molecule has 190 valence electrons. The van der Waals surface area contributed by atoms with Crippen molar-refractivity contribution in [3.05, 3.63) is 58.8 Å². The lowest BCUT2D eigenvalue weighted by Gasteiger charge is -2.46. The van der Waals surface area contributed by atoms with Crippen molar-refractivity contribution in [2.75, 3.05) is 39.9 Å². The summed E-state index contributed by atoms with van der Waals surface area (Å²) in [6.07, 6.45) is 2.46. The number of hydrogen-bond donors (Lipinski definition) is 0. The minimum atomic E-state index is -0.487. The van der Waals surface area contributed by atoms with Crippen LogP contribution in [0.1, 0.15) is 40.8 Å². The zero-order valence-electron chi connectivity index (χ0n) is 20.2. The SMILES string of the molecule is COc1cc(F)c(C2CN3CCN(C(=O)C4CCc5nc(-n6cnnn6)ccc54)CC3CO2)cc1C#N. The van der Waals surface area contributed by atoms with Gasteiger partial charge in [0.2, 0.25) is 5.91 Å². The number of ether oxygens (including phenoxy) is 2. The summed E-state index contributed by atoms with van der Waals surface area (Å²) in [7, 11) is 1.41. The molecule has 11 nitrogen and oxygen atoms in total. The maximum atomic E-state index is 14.8. The van der Waals surface area contributed by atoms with Gasteiger partial charge in [0.1, 0.15) is 24.0 Å². The Labute approximate surface area is 212 Å². The third kappa shape index (κ3) is 4.20. The predicted octanol–water partition coefficient (Wildman–Crippen LogP) is 1.39. The van der Waals surface area contributed by atoms with Crippen molar-refractivity contribution in [3.8, 4) is 17.6 Å². The van der Waals surface area contributed by atoms with Crippen molar-refractivity contribution >= 4 is 5.91 Å². The van der Waals surface area contributed by atoms with Crippen molar-refractivity contribution in [2.24, 2.45) is 0 Å². The van der Waals surface area contributed by atoms with Crippen LogP contribution in [0.15, 0.2) is 30.6 Å². The average Bonchev–Trinajstić information content (AvgIpc) is 3.62. The Morgan fingerprint density at radius 2 is 2.14 bits per heavy atom. The molecular weight excluding hydrogens is 479 g/mol. The van der Waals surface area contributed by atoms with Crippen LogP contribution >= 0.6 is 0 Å². The van der Waals surface area contributed by atoms with E-state index in [9.17, 15) is 14.4 Å². The van der Waals surface area contributed by atoms with Crippen LogP contribution in [0.4, 0.5) is 4.39 Å². The van der Waals surface area contributed by atoms with Gasteiger partial charge in [0.25, 0.3) is 0 Å².